The number of aryl methyl sites for hydroxylation is 1. The van der Waals surface area contributed by atoms with Crippen molar-refractivity contribution < 1.29 is 8.42 Å². The molecule has 16 heavy (non-hydrogen) atoms. The number of nitrogen functional groups attached to an aromatic ring is 1. The van der Waals surface area contributed by atoms with Gasteiger partial charge in [0.15, 0.2) is 0 Å². The van der Waals surface area contributed by atoms with E-state index in [2.05, 4.69) is 16.7 Å². The summed E-state index contributed by atoms with van der Waals surface area (Å²) in [6.07, 6.45) is 4.15. The van der Waals surface area contributed by atoms with Crippen molar-refractivity contribution in [3.63, 3.8) is 0 Å². The van der Waals surface area contributed by atoms with Crippen LogP contribution in [0.25, 0.3) is 0 Å². The van der Waals surface area contributed by atoms with E-state index in [0.717, 1.165) is 19.3 Å². The monoisotopic (exact) mass is 246 g/mol. The van der Waals surface area contributed by atoms with Crippen LogP contribution in [0.1, 0.15) is 26.2 Å². The first-order valence-corrected chi connectivity index (χ1v) is 6.74. The van der Waals surface area contributed by atoms with Crippen LogP contribution in [0.4, 0.5) is 5.82 Å². The second kappa shape index (κ2) is 5.31. The number of aromatic nitrogens is 2. The Hall–Kier alpha value is -1.08. The third-order valence-electron chi connectivity index (χ3n) is 2.31. The molecule has 0 unspecified atom stereocenters. The zero-order valence-electron chi connectivity index (χ0n) is 9.60. The highest BCUT2D eigenvalue weighted by atomic mass is 32.2. The molecule has 0 bridgehead atoms. The van der Waals surface area contributed by atoms with Gasteiger partial charge in [0, 0.05) is 13.6 Å². The summed E-state index contributed by atoms with van der Waals surface area (Å²) >= 11 is 0. The van der Waals surface area contributed by atoms with E-state index < -0.39 is 10.0 Å². The molecule has 0 aliphatic rings. The zero-order valence-corrected chi connectivity index (χ0v) is 10.4. The van der Waals surface area contributed by atoms with E-state index >= 15 is 0 Å². The maximum Gasteiger partial charge on any atom is 0.245 e. The molecule has 6 nitrogen and oxygen atoms in total. The Balaban J connectivity index is 2.68. The fourth-order valence-electron chi connectivity index (χ4n) is 1.29. The summed E-state index contributed by atoms with van der Waals surface area (Å²) in [7, 11) is -1.91. The van der Waals surface area contributed by atoms with Crippen molar-refractivity contribution in [3.05, 3.63) is 6.20 Å². The number of hydrogen-bond donors (Lipinski definition) is 2. The van der Waals surface area contributed by atoms with E-state index in [0.29, 0.717) is 6.54 Å². The Bertz CT molecular complexity index is 438. The number of rotatable bonds is 6. The summed E-state index contributed by atoms with van der Waals surface area (Å²) in [5.41, 5.74) is 5.60. The molecule has 0 radical (unpaired) electrons. The Morgan fingerprint density at radius 3 is 2.69 bits per heavy atom. The van der Waals surface area contributed by atoms with Crippen LogP contribution in [0, 0.1) is 0 Å². The first kappa shape index (κ1) is 13.0. The topological polar surface area (TPSA) is 90.0 Å². The fourth-order valence-corrected chi connectivity index (χ4v) is 2.46. The van der Waals surface area contributed by atoms with Crippen LogP contribution in [-0.2, 0) is 17.1 Å². The summed E-state index contributed by atoms with van der Waals surface area (Å²) in [6.45, 7) is 2.50. The zero-order chi connectivity index (χ0) is 12.2. The maximum atomic E-state index is 11.8. The van der Waals surface area contributed by atoms with E-state index in [-0.39, 0.29) is 10.7 Å². The molecular formula is C9H18N4O2S. The lowest BCUT2D eigenvalue weighted by atomic mass is 10.3. The molecule has 0 fully saturated rings. The lowest BCUT2D eigenvalue weighted by molar-refractivity contribution is 0.576. The van der Waals surface area contributed by atoms with Gasteiger partial charge in [0.25, 0.3) is 0 Å². The van der Waals surface area contributed by atoms with Gasteiger partial charge in [-0.05, 0) is 6.42 Å². The Kier molecular flexibility index (Phi) is 4.31. The summed E-state index contributed by atoms with van der Waals surface area (Å²) in [4.78, 5) is 0.0477. The van der Waals surface area contributed by atoms with Crippen molar-refractivity contribution in [2.24, 2.45) is 7.05 Å². The van der Waals surface area contributed by atoms with Crippen LogP contribution < -0.4 is 10.5 Å². The van der Waals surface area contributed by atoms with Crippen molar-refractivity contribution in [2.75, 3.05) is 12.3 Å². The first-order chi connectivity index (χ1) is 7.49. The highest BCUT2D eigenvalue weighted by molar-refractivity contribution is 7.89. The minimum absolute atomic E-state index is 0.0477. The molecule has 0 atom stereocenters. The summed E-state index contributed by atoms with van der Waals surface area (Å²) < 4.78 is 27.4. The highest BCUT2D eigenvalue weighted by Gasteiger charge is 2.19. The molecule has 0 aromatic carbocycles. The van der Waals surface area contributed by atoms with E-state index in [1.165, 1.54) is 10.9 Å². The van der Waals surface area contributed by atoms with Crippen LogP contribution in [0.5, 0.6) is 0 Å². The van der Waals surface area contributed by atoms with Crippen molar-refractivity contribution in [1.29, 1.82) is 0 Å². The van der Waals surface area contributed by atoms with Crippen LogP contribution >= 0.6 is 0 Å². The van der Waals surface area contributed by atoms with Gasteiger partial charge in [0.05, 0.1) is 6.20 Å². The van der Waals surface area contributed by atoms with Gasteiger partial charge < -0.3 is 5.73 Å². The highest BCUT2D eigenvalue weighted by Crippen LogP contribution is 2.15. The number of nitrogens with zero attached hydrogens (tertiary/aromatic N) is 2. The fraction of sp³-hybridized carbons (Fsp3) is 0.667. The lowest BCUT2D eigenvalue weighted by Gasteiger charge is -2.05. The minimum atomic E-state index is -3.51. The van der Waals surface area contributed by atoms with Gasteiger partial charge >= 0.3 is 0 Å². The molecule has 7 heteroatoms. The van der Waals surface area contributed by atoms with Crippen LogP contribution in [0.2, 0.25) is 0 Å². The molecule has 0 aliphatic heterocycles. The van der Waals surface area contributed by atoms with E-state index in [1.54, 1.807) is 7.05 Å². The third-order valence-corrected chi connectivity index (χ3v) is 3.79. The minimum Gasteiger partial charge on any atom is -0.383 e. The number of unbranched alkanes of at least 4 members (excludes halogenated alkanes) is 2. The van der Waals surface area contributed by atoms with Crippen molar-refractivity contribution in [3.8, 4) is 0 Å². The SMILES string of the molecule is CCCCCNS(=O)(=O)c1cnn(C)c1N. The average molecular weight is 246 g/mol. The van der Waals surface area contributed by atoms with E-state index in [4.69, 9.17) is 5.73 Å². The molecule has 0 saturated heterocycles. The molecule has 0 amide bonds. The molecule has 0 spiro atoms. The second-order valence-electron chi connectivity index (χ2n) is 3.62. The second-order valence-corrected chi connectivity index (χ2v) is 5.36. The third kappa shape index (κ3) is 2.96. The molecular weight excluding hydrogens is 228 g/mol. The van der Waals surface area contributed by atoms with Crippen LogP contribution in [0.3, 0.4) is 0 Å². The van der Waals surface area contributed by atoms with Crippen molar-refractivity contribution in [1.82, 2.24) is 14.5 Å². The Morgan fingerprint density at radius 2 is 2.19 bits per heavy atom. The van der Waals surface area contributed by atoms with Gasteiger partial charge in [-0.2, -0.15) is 5.10 Å². The summed E-state index contributed by atoms with van der Waals surface area (Å²) in [5, 5.41) is 3.80. The molecule has 0 aliphatic carbocycles. The van der Waals surface area contributed by atoms with Gasteiger partial charge in [-0.1, -0.05) is 19.8 Å². The molecule has 0 saturated carbocycles. The molecule has 3 N–H and O–H groups in total. The van der Waals surface area contributed by atoms with Gasteiger partial charge in [-0.25, -0.2) is 13.1 Å². The number of hydrogen-bond acceptors (Lipinski definition) is 4. The van der Waals surface area contributed by atoms with Crippen molar-refractivity contribution in [2.45, 2.75) is 31.1 Å². The number of nitrogens with two attached hydrogens (primary N) is 1. The molecule has 1 rings (SSSR count). The first-order valence-electron chi connectivity index (χ1n) is 5.26. The van der Waals surface area contributed by atoms with Gasteiger partial charge in [0.1, 0.15) is 10.7 Å². The number of nitrogens with one attached hydrogen (secondary N) is 1. The summed E-state index contributed by atoms with van der Waals surface area (Å²) in [6, 6.07) is 0. The molecule has 92 valence electrons. The van der Waals surface area contributed by atoms with Crippen LogP contribution in [-0.4, -0.2) is 24.7 Å². The lowest BCUT2D eigenvalue weighted by Crippen LogP contribution is -2.25. The molecule has 1 heterocycles. The normalized spacial score (nSPS) is 11.9. The Labute approximate surface area is 95.9 Å². The van der Waals surface area contributed by atoms with E-state index in [9.17, 15) is 8.42 Å². The van der Waals surface area contributed by atoms with Crippen LogP contribution in [0.15, 0.2) is 11.1 Å². The predicted octanol–water partition coefficient (Wildman–Crippen LogP) is 0.471. The number of anilines is 1. The molecule has 1 aromatic rings. The van der Waals surface area contributed by atoms with E-state index in [1.807, 2.05) is 0 Å². The maximum absolute atomic E-state index is 11.8. The van der Waals surface area contributed by atoms with Gasteiger partial charge in [-0.15, -0.1) is 0 Å². The largest absolute Gasteiger partial charge is 0.383 e. The quantitative estimate of drug-likeness (QED) is 0.714. The Morgan fingerprint density at radius 1 is 1.50 bits per heavy atom. The average Bonchev–Trinajstić information content (AvgIpc) is 2.55. The van der Waals surface area contributed by atoms with Crippen molar-refractivity contribution >= 4 is 15.8 Å². The van der Waals surface area contributed by atoms with Gasteiger partial charge in [-0.3, -0.25) is 4.68 Å². The number of sulfonamides is 1. The smallest absolute Gasteiger partial charge is 0.245 e. The molecule has 1 aromatic heterocycles. The predicted molar refractivity (Wildman–Crippen MR) is 62.3 cm³/mol. The summed E-state index contributed by atoms with van der Waals surface area (Å²) in [5.74, 6) is 0.156. The van der Waals surface area contributed by atoms with Gasteiger partial charge in [0.2, 0.25) is 10.0 Å². The standard InChI is InChI=1S/C9H18N4O2S/c1-3-4-5-6-12-16(14,15)8-7-11-13(2)9(8)10/h7,12H,3-6,10H2,1-2H3.